The predicted molar refractivity (Wildman–Crippen MR) is 43.0 cm³/mol. The number of rotatable bonds is 2. The summed E-state index contributed by atoms with van der Waals surface area (Å²) < 4.78 is 0. The summed E-state index contributed by atoms with van der Waals surface area (Å²) in [7, 11) is 0. The van der Waals surface area contributed by atoms with Crippen LogP contribution in [0.1, 0.15) is 0 Å². The lowest BCUT2D eigenvalue weighted by Gasteiger charge is -2.38. The van der Waals surface area contributed by atoms with Gasteiger partial charge in [0.05, 0.1) is 5.75 Å². The molecule has 2 N–H and O–H groups in total. The van der Waals surface area contributed by atoms with Crippen molar-refractivity contribution in [1.82, 2.24) is 4.90 Å². The van der Waals surface area contributed by atoms with Crippen LogP contribution < -0.4 is 5.73 Å². The van der Waals surface area contributed by atoms with Crippen LogP contribution in [0.3, 0.4) is 0 Å². The first-order chi connectivity index (χ1) is 4.77. The Hall–Kier alpha value is -0.220. The maximum absolute atomic E-state index is 10.9. The van der Waals surface area contributed by atoms with E-state index in [9.17, 15) is 4.79 Å². The topological polar surface area (TPSA) is 46.3 Å². The highest BCUT2D eigenvalue weighted by Crippen LogP contribution is 2.13. The van der Waals surface area contributed by atoms with Crippen LogP contribution in [0, 0.1) is 5.92 Å². The largest absolute Gasteiger partial charge is 0.341 e. The zero-order valence-electron chi connectivity index (χ0n) is 5.79. The third-order valence-electron chi connectivity index (χ3n) is 1.78. The van der Waals surface area contributed by atoms with Crippen molar-refractivity contribution in [3.05, 3.63) is 0 Å². The molecule has 0 saturated carbocycles. The Balaban J connectivity index is 2.19. The standard InChI is InChI=1S/C6H12N2OS/c7-1-5-2-8(3-5)6(9)4-10/h5,10H,1-4,7H2. The molecule has 1 fully saturated rings. The number of amides is 1. The molecule has 0 bridgehead atoms. The smallest absolute Gasteiger partial charge is 0.232 e. The quantitative estimate of drug-likeness (QED) is 0.526. The Kier molecular flexibility index (Phi) is 2.56. The molecule has 1 rings (SSSR count). The number of nitrogens with two attached hydrogens (primary N) is 1. The first-order valence-electron chi connectivity index (χ1n) is 3.36. The number of thiol groups is 1. The summed E-state index contributed by atoms with van der Waals surface area (Å²) in [4.78, 5) is 12.6. The van der Waals surface area contributed by atoms with E-state index < -0.39 is 0 Å². The highest BCUT2D eigenvalue weighted by molar-refractivity contribution is 7.81. The SMILES string of the molecule is NCC1CN(C(=O)CS)C1. The van der Waals surface area contributed by atoms with E-state index in [0.717, 1.165) is 13.1 Å². The fourth-order valence-corrected chi connectivity index (χ4v) is 1.22. The lowest BCUT2D eigenvalue weighted by atomic mass is 10.0. The van der Waals surface area contributed by atoms with E-state index in [1.54, 1.807) is 4.90 Å². The molecular formula is C6H12N2OS. The van der Waals surface area contributed by atoms with E-state index in [2.05, 4.69) is 12.6 Å². The van der Waals surface area contributed by atoms with Crippen molar-refractivity contribution in [3.63, 3.8) is 0 Å². The minimum Gasteiger partial charge on any atom is -0.341 e. The second kappa shape index (κ2) is 3.25. The summed E-state index contributed by atoms with van der Waals surface area (Å²) >= 11 is 3.88. The first kappa shape index (κ1) is 7.88. The Morgan fingerprint density at radius 1 is 1.70 bits per heavy atom. The van der Waals surface area contributed by atoms with Crippen molar-refractivity contribution in [2.45, 2.75) is 0 Å². The van der Waals surface area contributed by atoms with Crippen LogP contribution >= 0.6 is 12.6 Å². The zero-order valence-corrected chi connectivity index (χ0v) is 6.68. The van der Waals surface area contributed by atoms with Crippen LogP contribution in [0.5, 0.6) is 0 Å². The molecular weight excluding hydrogens is 148 g/mol. The molecule has 1 aliphatic heterocycles. The normalized spacial score (nSPS) is 18.8. The van der Waals surface area contributed by atoms with Crippen molar-refractivity contribution in [1.29, 1.82) is 0 Å². The number of carbonyl (C=O) groups is 1. The monoisotopic (exact) mass is 160 g/mol. The fraction of sp³-hybridized carbons (Fsp3) is 0.833. The van der Waals surface area contributed by atoms with Gasteiger partial charge in [-0.3, -0.25) is 4.79 Å². The van der Waals surface area contributed by atoms with Gasteiger partial charge >= 0.3 is 0 Å². The van der Waals surface area contributed by atoms with Gasteiger partial charge in [0.15, 0.2) is 0 Å². The highest BCUT2D eigenvalue weighted by atomic mass is 32.1. The lowest BCUT2D eigenvalue weighted by molar-refractivity contribution is -0.134. The summed E-state index contributed by atoms with van der Waals surface area (Å²) in [5.41, 5.74) is 5.38. The maximum Gasteiger partial charge on any atom is 0.232 e. The van der Waals surface area contributed by atoms with E-state index in [1.165, 1.54) is 0 Å². The summed E-state index contributed by atoms with van der Waals surface area (Å²) in [6, 6.07) is 0. The summed E-state index contributed by atoms with van der Waals surface area (Å²) in [6.45, 7) is 2.35. The fourth-order valence-electron chi connectivity index (χ4n) is 1.02. The molecule has 0 aromatic carbocycles. The molecule has 58 valence electrons. The predicted octanol–water partition coefficient (Wildman–Crippen LogP) is -0.667. The van der Waals surface area contributed by atoms with Gasteiger partial charge in [0.25, 0.3) is 0 Å². The number of hydrogen-bond acceptors (Lipinski definition) is 3. The molecule has 10 heavy (non-hydrogen) atoms. The van der Waals surface area contributed by atoms with Crippen molar-refractivity contribution in [3.8, 4) is 0 Å². The molecule has 1 heterocycles. The molecule has 0 aromatic heterocycles. The van der Waals surface area contributed by atoms with Crippen molar-refractivity contribution >= 4 is 18.5 Å². The average Bonchev–Trinajstić information content (AvgIpc) is 1.85. The van der Waals surface area contributed by atoms with E-state index >= 15 is 0 Å². The molecule has 0 aromatic rings. The molecule has 0 radical (unpaired) electrons. The van der Waals surface area contributed by atoms with E-state index in [-0.39, 0.29) is 5.91 Å². The van der Waals surface area contributed by atoms with Crippen LogP contribution in [-0.2, 0) is 4.79 Å². The molecule has 1 aliphatic rings. The lowest BCUT2D eigenvalue weighted by Crippen LogP contribution is -2.53. The number of likely N-dealkylation sites (tertiary alicyclic amines) is 1. The van der Waals surface area contributed by atoms with Crippen LogP contribution in [0.25, 0.3) is 0 Å². The van der Waals surface area contributed by atoms with E-state index in [1.807, 2.05) is 0 Å². The van der Waals surface area contributed by atoms with Crippen molar-refractivity contribution in [2.75, 3.05) is 25.4 Å². The van der Waals surface area contributed by atoms with Gasteiger partial charge in [-0.15, -0.1) is 0 Å². The van der Waals surface area contributed by atoms with Crippen molar-refractivity contribution in [2.24, 2.45) is 11.7 Å². The van der Waals surface area contributed by atoms with Gasteiger partial charge in [0, 0.05) is 19.0 Å². The maximum atomic E-state index is 10.9. The van der Waals surface area contributed by atoms with Gasteiger partial charge in [0.1, 0.15) is 0 Å². The minimum absolute atomic E-state index is 0.119. The van der Waals surface area contributed by atoms with Crippen LogP contribution in [0.15, 0.2) is 0 Å². The highest BCUT2D eigenvalue weighted by Gasteiger charge is 2.28. The van der Waals surface area contributed by atoms with Gasteiger partial charge in [-0.2, -0.15) is 12.6 Å². The number of carbonyl (C=O) groups excluding carboxylic acids is 1. The average molecular weight is 160 g/mol. The van der Waals surface area contributed by atoms with E-state index in [0.29, 0.717) is 18.2 Å². The Morgan fingerprint density at radius 3 is 2.70 bits per heavy atom. The van der Waals surface area contributed by atoms with Gasteiger partial charge in [-0.25, -0.2) is 0 Å². The summed E-state index contributed by atoms with van der Waals surface area (Å²) in [5, 5.41) is 0. The van der Waals surface area contributed by atoms with Gasteiger partial charge < -0.3 is 10.6 Å². The Morgan fingerprint density at radius 2 is 2.30 bits per heavy atom. The molecule has 1 saturated heterocycles. The molecule has 1 amide bonds. The Bertz CT molecular complexity index is 134. The Labute approximate surface area is 66.0 Å². The number of nitrogens with zero attached hydrogens (tertiary/aromatic N) is 1. The second-order valence-electron chi connectivity index (χ2n) is 2.56. The van der Waals surface area contributed by atoms with Crippen LogP contribution in [0.4, 0.5) is 0 Å². The molecule has 0 aliphatic carbocycles. The molecule has 0 unspecified atom stereocenters. The third-order valence-corrected chi connectivity index (χ3v) is 2.05. The minimum atomic E-state index is 0.119. The van der Waals surface area contributed by atoms with Crippen LogP contribution in [0.2, 0.25) is 0 Å². The summed E-state index contributed by atoms with van der Waals surface area (Å²) in [5.74, 6) is 0.967. The summed E-state index contributed by atoms with van der Waals surface area (Å²) in [6.07, 6.45) is 0. The second-order valence-corrected chi connectivity index (χ2v) is 2.87. The third kappa shape index (κ3) is 1.44. The van der Waals surface area contributed by atoms with Gasteiger partial charge in [0.2, 0.25) is 5.91 Å². The molecule has 3 nitrogen and oxygen atoms in total. The van der Waals surface area contributed by atoms with Crippen molar-refractivity contribution < 1.29 is 4.79 Å². The first-order valence-corrected chi connectivity index (χ1v) is 4.00. The zero-order chi connectivity index (χ0) is 7.56. The molecule has 0 spiro atoms. The van der Waals surface area contributed by atoms with Crippen LogP contribution in [-0.4, -0.2) is 36.2 Å². The number of hydrogen-bond donors (Lipinski definition) is 2. The molecule has 0 atom stereocenters. The van der Waals surface area contributed by atoms with Gasteiger partial charge in [-0.1, -0.05) is 0 Å². The molecule has 4 heteroatoms. The van der Waals surface area contributed by atoms with E-state index in [4.69, 9.17) is 5.73 Å². The van der Waals surface area contributed by atoms with Gasteiger partial charge in [-0.05, 0) is 6.54 Å².